The highest BCUT2D eigenvalue weighted by molar-refractivity contribution is 6.17. The molecule has 0 unspecified atom stereocenters. The van der Waals surface area contributed by atoms with Crippen molar-refractivity contribution in [2.24, 2.45) is 0 Å². The first-order valence-corrected chi connectivity index (χ1v) is 5.32. The molecule has 0 aromatic heterocycles. The summed E-state index contributed by atoms with van der Waals surface area (Å²) in [6.07, 6.45) is 0.436. The highest BCUT2D eigenvalue weighted by Crippen LogP contribution is 2.22. The largest absolute Gasteiger partial charge is 0.198 e. The van der Waals surface area contributed by atoms with Crippen LogP contribution in [0.5, 0.6) is 0 Å². The molecule has 2 rings (SSSR count). The van der Waals surface area contributed by atoms with Crippen molar-refractivity contribution in [1.29, 1.82) is 5.26 Å². The van der Waals surface area contributed by atoms with Crippen LogP contribution in [0.25, 0.3) is 10.8 Å². The fourth-order valence-electron chi connectivity index (χ4n) is 1.77. The molecule has 2 aromatic carbocycles. The molecule has 0 radical (unpaired) electrons. The van der Waals surface area contributed by atoms with Gasteiger partial charge in [0.2, 0.25) is 0 Å². The van der Waals surface area contributed by atoms with Gasteiger partial charge < -0.3 is 0 Å². The Bertz CT molecular complexity index is 526. The number of halogens is 1. The molecule has 0 spiro atoms. The van der Waals surface area contributed by atoms with E-state index in [-0.39, 0.29) is 0 Å². The maximum Gasteiger partial charge on any atom is 0.0669 e. The quantitative estimate of drug-likeness (QED) is 0.702. The zero-order valence-electron chi connectivity index (χ0n) is 8.20. The summed E-state index contributed by atoms with van der Waals surface area (Å²) in [5.41, 5.74) is 2.13. The normalized spacial score (nSPS) is 10.1. The molecule has 1 nitrogen and oxygen atoms in total. The SMILES string of the molecule is N#CCc1cc(CCl)cc2ccccc12. The Morgan fingerprint density at radius 2 is 2.00 bits per heavy atom. The lowest BCUT2D eigenvalue weighted by atomic mass is 10.00. The van der Waals surface area contributed by atoms with Crippen LogP contribution in [0, 0.1) is 11.3 Å². The number of alkyl halides is 1. The molecule has 0 aliphatic carbocycles. The molecule has 0 atom stereocenters. The van der Waals surface area contributed by atoms with Crippen LogP contribution in [-0.2, 0) is 12.3 Å². The van der Waals surface area contributed by atoms with Crippen molar-refractivity contribution in [2.45, 2.75) is 12.3 Å². The molecule has 2 heteroatoms. The number of nitrogens with zero attached hydrogens (tertiary/aromatic N) is 1. The molecule has 0 saturated heterocycles. The van der Waals surface area contributed by atoms with Crippen molar-refractivity contribution in [3.8, 4) is 6.07 Å². The first-order valence-electron chi connectivity index (χ1n) is 4.78. The van der Waals surface area contributed by atoms with Crippen molar-refractivity contribution in [3.63, 3.8) is 0 Å². The van der Waals surface area contributed by atoms with Crippen LogP contribution in [0.1, 0.15) is 11.1 Å². The van der Waals surface area contributed by atoms with Crippen molar-refractivity contribution < 1.29 is 0 Å². The molecule has 0 fully saturated rings. The Balaban J connectivity index is 2.70. The predicted octanol–water partition coefficient (Wildman–Crippen LogP) is 3.64. The average molecular weight is 216 g/mol. The summed E-state index contributed by atoms with van der Waals surface area (Å²) < 4.78 is 0. The van der Waals surface area contributed by atoms with E-state index in [1.54, 1.807) is 0 Å². The monoisotopic (exact) mass is 215 g/mol. The lowest BCUT2D eigenvalue weighted by Gasteiger charge is -2.05. The molecular weight excluding hydrogens is 206 g/mol. The maximum atomic E-state index is 8.76. The number of fused-ring (bicyclic) bond motifs is 1. The van der Waals surface area contributed by atoms with Crippen molar-refractivity contribution in [3.05, 3.63) is 47.5 Å². The summed E-state index contributed by atoms with van der Waals surface area (Å²) >= 11 is 5.82. The van der Waals surface area contributed by atoms with Crippen LogP contribution < -0.4 is 0 Å². The second-order valence-electron chi connectivity index (χ2n) is 3.44. The molecule has 0 saturated carbocycles. The van der Waals surface area contributed by atoms with Crippen LogP contribution in [0.3, 0.4) is 0 Å². The Kier molecular flexibility index (Phi) is 2.89. The van der Waals surface area contributed by atoms with E-state index >= 15 is 0 Å². The number of hydrogen-bond donors (Lipinski definition) is 0. The third-order valence-electron chi connectivity index (χ3n) is 2.43. The van der Waals surface area contributed by atoms with Gasteiger partial charge in [0.05, 0.1) is 12.5 Å². The average Bonchev–Trinajstić information content (AvgIpc) is 2.29. The molecule has 0 N–H and O–H groups in total. The highest BCUT2D eigenvalue weighted by Gasteiger charge is 2.02. The van der Waals surface area contributed by atoms with Gasteiger partial charge in [-0.2, -0.15) is 5.26 Å². The number of hydrogen-bond acceptors (Lipinski definition) is 1. The summed E-state index contributed by atoms with van der Waals surface area (Å²) in [6.45, 7) is 0. The van der Waals surface area contributed by atoms with Crippen LogP contribution in [0.15, 0.2) is 36.4 Å². The van der Waals surface area contributed by atoms with Gasteiger partial charge in [0.25, 0.3) is 0 Å². The van der Waals surface area contributed by atoms with E-state index in [0.29, 0.717) is 12.3 Å². The van der Waals surface area contributed by atoms with Gasteiger partial charge in [-0.15, -0.1) is 11.6 Å². The molecule has 0 aliphatic rings. The predicted molar refractivity (Wildman–Crippen MR) is 62.8 cm³/mol. The highest BCUT2D eigenvalue weighted by atomic mass is 35.5. The first kappa shape index (κ1) is 10.0. The van der Waals surface area contributed by atoms with E-state index in [2.05, 4.69) is 12.1 Å². The molecule has 0 amide bonds. The second-order valence-corrected chi connectivity index (χ2v) is 3.71. The molecule has 0 bridgehead atoms. The lowest BCUT2D eigenvalue weighted by Crippen LogP contribution is -1.88. The van der Waals surface area contributed by atoms with Gasteiger partial charge in [-0.1, -0.05) is 30.3 Å². The number of benzene rings is 2. The summed E-state index contributed by atoms with van der Waals surface area (Å²) in [4.78, 5) is 0. The van der Waals surface area contributed by atoms with E-state index in [9.17, 15) is 0 Å². The topological polar surface area (TPSA) is 23.8 Å². The van der Waals surface area contributed by atoms with Gasteiger partial charge in [-0.05, 0) is 28.0 Å². The maximum absolute atomic E-state index is 8.76. The fraction of sp³-hybridized carbons (Fsp3) is 0.154. The Hall–Kier alpha value is -1.52. The van der Waals surface area contributed by atoms with E-state index in [1.807, 2.05) is 30.3 Å². The lowest BCUT2D eigenvalue weighted by molar-refractivity contribution is 1.26. The Morgan fingerprint density at radius 3 is 2.73 bits per heavy atom. The van der Waals surface area contributed by atoms with Gasteiger partial charge >= 0.3 is 0 Å². The van der Waals surface area contributed by atoms with E-state index in [4.69, 9.17) is 16.9 Å². The van der Waals surface area contributed by atoms with Crippen molar-refractivity contribution in [2.75, 3.05) is 0 Å². The third-order valence-corrected chi connectivity index (χ3v) is 2.74. The minimum absolute atomic E-state index is 0.436. The fourth-order valence-corrected chi connectivity index (χ4v) is 1.92. The summed E-state index contributed by atoms with van der Waals surface area (Å²) in [5.74, 6) is 0.489. The molecular formula is C13H10ClN. The van der Waals surface area contributed by atoms with E-state index in [0.717, 1.165) is 21.9 Å². The van der Waals surface area contributed by atoms with E-state index < -0.39 is 0 Å². The van der Waals surface area contributed by atoms with Gasteiger partial charge in [-0.25, -0.2) is 0 Å². The van der Waals surface area contributed by atoms with Crippen LogP contribution in [0.4, 0.5) is 0 Å². The standard InChI is InChI=1S/C13H10ClN/c14-9-10-7-11-3-1-2-4-13(11)12(8-10)5-6-15/h1-4,7-8H,5,9H2. The zero-order chi connectivity index (χ0) is 10.7. The number of nitriles is 1. The molecule has 2 aromatic rings. The minimum Gasteiger partial charge on any atom is -0.198 e. The zero-order valence-corrected chi connectivity index (χ0v) is 8.96. The van der Waals surface area contributed by atoms with Crippen LogP contribution in [-0.4, -0.2) is 0 Å². The minimum atomic E-state index is 0.436. The summed E-state index contributed by atoms with van der Waals surface area (Å²) in [7, 11) is 0. The number of rotatable bonds is 2. The third kappa shape index (κ3) is 1.95. The van der Waals surface area contributed by atoms with Crippen molar-refractivity contribution in [1.82, 2.24) is 0 Å². The van der Waals surface area contributed by atoms with Gasteiger partial charge in [0.15, 0.2) is 0 Å². The summed E-state index contributed by atoms with van der Waals surface area (Å²) in [6, 6.07) is 14.3. The van der Waals surface area contributed by atoms with Gasteiger partial charge in [0, 0.05) is 5.88 Å². The van der Waals surface area contributed by atoms with E-state index in [1.165, 1.54) is 0 Å². The molecule has 74 valence electrons. The van der Waals surface area contributed by atoms with Crippen molar-refractivity contribution >= 4 is 22.4 Å². The van der Waals surface area contributed by atoms with Gasteiger partial charge in [0.1, 0.15) is 0 Å². The smallest absolute Gasteiger partial charge is 0.0669 e. The Labute approximate surface area is 93.9 Å². The molecule has 15 heavy (non-hydrogen) atoms. The second kappa shape index (κ2) is 4.33. The Morgan fingerprint density at radius 1 is 1.20 bits per heavy atom. The van der Waals surface area contributed by atoms with Crippen LogP contribution in [0.2, 0.25) is 0 Å². The first-order chi connectivity index (χ1) is 7.35. The van der Waals surface area contributed by atoms with Crippen LogP contribution >= 0.6 is 11.6 Å². The summed E-state index contributed by atoms with van der Waals surface area (Å²) in [5, 5.41) is 11.1. The molecule has 0 aliphatic heterocycles. The molecule has 0 heterocycles. The van der Waals surface area contributed by atoms with Gasteiger partial charge in [-0.3, -0.25) is 0 Å².